The van der Waals surface area contributed by atoms with Crippen LogP contribution in [0.3, 0.4) is 0 Å². The summed E-state index contributed by atoms with van der Waals surface area (Å²) in [5.74, 6) is -1.54. The molecule has 1 aliphatic heterocycles. The summed E-state index contributed by atoms with van der Waals surface area (Å²) in [5, 5.41) is 10.7. The van der Waals surface area contributed by atoms with E-state index >= 15 is 0 Å². The van der Waals surface area contributed by atoms with Gasteiger partial charge in [-0.25, -0.2) is 17.5 Å². The molecule has 1 amide bonds. The summed E-state index contributed by atoms with van der Waals surface area (Å²) in [4.78, 5) is 34.2. The van der Waals surface area contributed by atoms with Crippen molar-refractivity contribution in [3.8, 4) is 0 Å². The number of ether oxygens (including phenoxy) is 1. The molecule has 26 heavy (non-hydrogen) atoms. The summed E-state index contributed by atoms with van der Waals surface area (Å²) in [7, 11) is -3.97. The van der Waals surface area contributed by atoms with E-state index in [1.54, 1.807) is 6.07 Å². The molecule has 0 N–H and O–H groups in total. The highest BCUT2D eigenvalue weighted by molar-refractivity contribution is 7.90. The first kappa shape index (κ1) is 17.5. The molecule has 1 aliphatic rings. The monoisotopic (exact) mass is 376 g/mol. The van der Waals surface area contributed by atoms with Gasteiger partial charge in [-0.3, -0.25) is 14.9 Å². The maximum absolute atomic E-state index is 12.3. The van der Waals surface area contributed by atoms with Gasteiger partial charge in [0, 0.05) is 12.1 Å². The van der Waals surface area contributed by atoms with E-state index in [-0.39, 0.29) is 34.9 Å². The number of carbonyl (C=O) groups excluding carboxylic acids is 2. The number of nitro groups is 1. The lowest BCUT2D eigenvalue weighted by atomic mass is 10.2. The molecule has 0 radical (unpaired) electrons. The fourth-order valence-corrected chi connectivity index (χ4v) is 4.06. The molecule has 0 spiro atoms. The zero-order chi connectivity index (χ0) is 18.9. The summed E-state index contributed by atoms with van der Waals surface area (Å²) in [6.07, 6.45) is 0. The number of rotatable bonds is 5. The predicted molar refractivity (Wildman–Crippen MR) is 88.0 cm³/mol. The fourth-order valence-electron chi connectivity index (χ4n) is 2.50. The maximum atomic E-state index is 12.3. The van der Waals surface area contributed by atoms with Crippen molar-refractivity contribution in [3.05, 3.63) is 69.8 Å². The Balaban J connectivity index is 1.67. The number of sulfonamides is 1. The van der Waals surface area contributed by atoms with Gasteiger partial charge in [0.15, 0.2) is 0 Å². The van der Waals surface area contributed by atoms with Crippen LogP contribution < -0.4 is 0 Å². The molecule has 10 heteroatoms. The molecule has 9 nitrogen and oxygen atoms in total. The Morgan fingerprint density at radius 3 is 2.58 bits per heavy atom. The lowest BCUT2D eigenvalue weighted by Crippen LogP contribution is -2.33. The van der Waals surface area contributed by atoms with Gasteiger partial charge in [0.2, 0.25) is 0 Å². The van der Waals surface area contributed by atoms with Crippen molar-refractivity contribution in [2.24, 2.45) is 0 Å². The second-order valence-corrected chi connectivity index (χ2v) is 7.15. The Bertz CT molecular complexity index is 1020. The first-order chi connectivity index (χ1) is 12.3. The zero-order valence-corrected chi connectivity index (χ0v) is 14.0. The summed E-state index contributed by atoms with van der Waals surface area (Å²) >= 11 is 0. The van der Waals surface area contributed by atoms with Gasteiger partial charge in [0.1, 0.15) is 11.5 Å². The molecule has 0 saturated carbocycles. The van der Waals surface area contributed by atoms with Crippen LogP contribution in [0.2, 0.25) is 0 Å². The summed E-state index contributed by atoms with van der Waals surface area (Å²) in [6, 6.07) is 10.7. The van der Waals surface area contributed by atoms with Gasteiger partial charge >= 0.3 is 5.97 Å². The average Bonchev–Trinajstić information content (AvgIpc) is 2.82. The van der Waals surface area contributed by atoms with Gasteiger partial charge in [-0.05, 0) is 18.2 Å². The van der Waals surface area contributed by atoms with Crippen molar-refractivity contribution in [1.29, 1.82) is 0 Å². The van der Waals surface area contributed by atoms with Crippen LogP contribution in [0.4, 0.5) is 5.69 Å². The van der Waals surface area contributed by atoms with Crippen LogP contribution in [0.5, 0.6) is 0 Å². The van der Waals surface area contributed by atoms with E-state index in [0.717, 1.165) is 6.07 Å². The number of non-ortho nitro benzene ring substituents is 1. The number of benzene rings is 2. The molecular weight excluding hydrogens is 364 g/mol. The molecule has 134 valence electrons. The van der Waals surface area contributed by atoms with Gasteiger partial charge < -0.3 is 4.74 Å². The number of hydrogen-bond donors (Lipinski definition) is 0. The number of nitrogens with zero attached hydrogens (tertiary/aromatic N) is 2. The minimum absolute atomic E-state index is 0.0434. The number of amides is 1. The van der Waals surface area contributed by atoms with Crippen LogP contribution in [0.1, 0.15) is 20.7 Å². The Morgan fingerprint density at radius 1 is 1.15 bits per heavy atom. The highest BCUT2D eigenvalue weighted by Crippen LogP contribution is 2.29. The lowest BCUT2D eigenvalue weighted by molar-refractivity contribution is -0.384. The van der Waals surface area contributed by atoms with Crippen molar-refractivity contribution in [3.63, 3.8) is 0 Å². The standard InChI is InChI=1S/C16H12N2O7S/c19-15-13-6-1-2-7-14(13)26(23,24)17(15)8-9-25-16(20)11-4-3-5-12(10-11)18(21)22/h1-7,10H,8-9H2. The first-order valence-electron chi connectivity index (χ1n) is 7.40. The van der Waals surface area contributed by atoms with Gasteiger partial charge in [0.25, 0.3) is 21.6 Å². The smallest absolute Gasteiger partial charge is 0.338 e. The van der Waals surface area contributed by atoms with Crippen LogP contribution in [0.25, 0.3) is 0 Å². The molecule has 0 fully saturated rings. The van der Waals surface area contributed by atoms with Crippen LogP contribution in [0.15, 0.2) is 53.4 Å². The zero-order valence-electron chi connectivity index (χ0n) is 13.2. The Labute approximate surface area is 148 Å². The molecule has 0 atom stereocenters. The normalized spacial score (nSPS) is 14.8. The molecule has 0 aliphatic carbocycles. The minimum atomic E-state index is -3.97. The van der Waals surface area contributed by atoms with Crippen LogP contribution >= 0.6 is 0 Å². The van der Waals surface area contributed by atoms with Crippen molar-refractivity contribution in [1.82, 2.24) is 4.31 Å². The maximum Gasteiger partial charge on any atom is 0.338 e. The third-order valence-electron chi connectivity index (χ3n) is 3.73. The van der Waals surface area contributed by atoms with E-state index in [0.29, 0.717) is 4.31 Å². The number of esters is 1. The lowest BCUT2D eigenvalue weighted by Gasteiger charge is -2.14. The number of fused-ring (bicyclic) bond motifs is 1. The molecule has 0 aromatic heterocycles. The molecule has 2 aromatic rings. The first-order valence-corrected chi connectivity index (χ1v) is 8.84. The topological polar surface area (TPSA) is 124 Å². The highest BCUT2D eigenvalue weighted by atomic mass is 32.2. The average molecular weight is 376 g/mol. The van der Waals surface area contributed by atoms with Crippen molar-refractivity contribution < 1.29 is 27.7 Å². The predicted octanol–water partition coefficient (Wildman–Crippen LogP) is 1.60. The Hall–Kier alpha value is -3.27. The quantitative estimate of drug-likeness (QED) is 0.441. The van der Waals surface area contributed by atoms with E-state index in [2.05, 4.69) is 0 Å². The SMILES string of the molecule is O=C(OCCN1C(=O)c2ccccc2S1(=O)=O)c1cccc([N+](=O)[O-])c1. The van der Waals surface area contributed by atoms with Crippen LogP contribution in [-0.4, -0.2) is 42.7 Å². The summed E-state index contributed by atoms with van der Waals surface area (Å²) in [6.45, 7) is -0.725. The number of nitro benzene ring substituents is 1. The van der Waals surface area contributed by atoms with Gasteiger partial charge in [-0.15, -0.1) is 0 Å². The summed E-state index contributed by atoms with van der Waals surface area (Å²) < 4.78 is 30.3. The molecule has 2 aromatic carbocycles. The Morgan fingerprint density at radius 2 is 1.88 bits per heavy atom. The van der Waals surface area contributed by atoms with Crippen molar-refractivity contribution in [2.45, 2.75) is 4.90 Å². The second kappa shape index (κ2) is 6.56. The molecule has 0 unspecified atom stereocenters. The van der Waals surface area contributed by atoms with Crippen molar-refractivity contribution in [2.75, 3.05) is 13.2 Å². The van der Waals surface area contributed by atoms with E-state index in [1.165, 1.54) is 36.4 Å². The van der Waals surface area contributed by atoms with E-state index < -0.39 is 26.8 Å². The van der Waals surface area contributed by atoms with E-state index in [4.69, 9.17) is 4.74 Å². The van der Waals surface area contributed by atoms with E-state index in [9.17, 15) is 28.1 Å². The molecule has 0 bridgehead atoms. The number of hydrogen-bond acceptors (Lipinski definition) is 7. The molecule has 0 saturated heterocycles. The molecule has 3 rings (SSSR count). The third kappa shape index (κ3) is 3.02. The summed E-state index contributed by atoms with van der Waals surface area (Å²) in [5.41, 5.74) is -0.247. The van der Waals surface area contributed by atoms with Crippen LogP contribution in [0, 0.1) is 10.1 Å². The van der Waals surface area contributed by atoms with Crippen molar-refractivity contribution >= 4 is 27.6 Å². The minimum Gasteiger partial charge on any atom is -0.460 e. The van der Waals surface area contributed by atoms with Gasteiger partial charge in [-0.2, -0.15) is 0 Å². The highest BCUT2D eigenvalue weighted by Gasteiger charge is 2.40. The molecular formula is C16H12N2O7S. The Kier molecular flexibility index (Phi) is 4.43. The largest absolute Gasteiger partial charge is 0.460 e. The fraction of sp³-hybridized carbons (Fsp3) is 0.125. The molecule has 1 heterocycles. The van der Waals surface area contributed by atoms with Crippen LogP contribution in [-0.2, 0) is 14.8 Å². The second-order valence-electron chi connectivity index (χ2n) is 5.32. The number of carbonyl (C=O) groups is 2. The van der Waals surface area contributed by atoms with Gasteiger partial charge in [0.05, 0.1) is 22.6 Å². The third-order valence-corrected chi connectivity index (χ3v) is 5.57. The van der Waals surface area contributed by atoms with E-state index in [1.807, 2.05) is 0 Å². The van der Waals surface area contributed by atoms with Gasteiger partial charge in [-0.1, -0.05) is 18.2 Å².